The normalized spacial score (nSPS) is 12.6. The number of aromatic nitrogens is 1. The fraction of sp³-hybridized carbons (Fsp3) is 0.333. The molecule has 0 aliphatic rings. The number of rotatable bonds is 1. The first-order valence-electron chi connectivity index (χ1n) is 5.08. The second-order valence-electron chi connectivity index (χ2n) is 4.18. The third-order valence-corrected chi connectivity index (χ3v) is 2.62. The largest absolute Gasteiger partial charge is 0.431 e. The minimum atomic E-state index is -4.31. The smallest absolute Gasteiger partial charge is 0.351 e. The summed E-state index contributed by atoms with van der Waals surface area (Å²) >= 11 is 0. The average Bonchev–Trinajstić information content (AvgIpc) is 2.58. The van der Waals surface area contributed by atoms with Crippen molar-refractivity contribution in [1.29, 1.82) is 0 Å². The molecule has 1 N–H and O–H groups in total. The zero-order valence-corrected chi connectivity index (χ0v) is 9.02. The van der Waals surface area contributed by atoms with Gasteiger partial charge in [0, 0.05) is 10.9 Å². The Morgan fingerprint density at radius 3 is 2.38 bits per heavy atom. The van der Waals surface area contributed by atoms with E-state index < -0.39 is 11.9 Å². The molecule has 2 rings (SSSR count). The lowest BCUT2D eigenvalue weighted by Crippen LogP contribution is -2.04. The molecule has 0 aliphatic heterocycles. The number of benzene rings is 1. The van der Waals surface area contributed by atoms with Crippen molar-refractivity contribution in [3.8, 4) is 0 Å². The summed E-state index contributed by atoms with van der Waals surface area (Å²) in [4.78, 5) is 2.41. The first-order valence-corrected chi connectivity index (χ1v) is 5.08. The second kappa shape index (κ2) is 3.54. The fourth-order valence-corrected chi connectivity index (χ4v) is 1.66. The number of alkyl halides is 3. The van der Waals surface area contributed by atoms with Crippen LogP contribution in [0.2, 0.25) is 0 Å². The summed E-state index contributed by atoms with van der Waals surface area (Å²) in [5.74, 6) is 0.307. The summed E-state index contributed by atoms with van der Waals surface area (Å²) in [7, 11) is 0. The maximum absolute atomic E-state index is 12.5. The topological polar surface area (TPSA) is 15.8 Å². The van der Waals surface area contributed by atoms with Gasteiger partial charge in [0.1, 0.15) is 5.69 Å². The van der Waals surface area contributed by atoms with Crippen LogP contribution in [-0.4, -0.2) is 4.98 Å². The standard InChI is InChI=1S/C12H12F3N/c1-7(2)8-3-4-9-6-11(12(13,14)15)16-10(9)5-8/h3-7,16H,1-2H3. The zero-order valence-electron chi connectivity index (χ0n) is 9.02. The van der Waals surface area contributed by atoms with Gasteiger partial charge in [0.15, 0.2) is 0 Å². The van der Waals surface area contributed by atoms with Crippen LogP contribution in [0.25, 0.3) is 10.9 Å². The molecule has 16 heavy (non-hydrogen) atoms. The van der Waals surface area contributed by atoms with Gasteiger partial charge in [-0.1, -0.05) is 26.0 Å². The van der Waals surface area contributed by atoms with Crippen LogP contribution in [0, 0.1) is 0 Å². The first-order chi connectivity index (χ1) is 7.38. The molecular weight excluding hydrogens is 215 g/mol. The highest BCUT2D eigenvalue weighted by molar-refractivity contribution is 5.81. The minimum Gasteiger partial charge on any atom is -0.351 e. The van der Waals surface area contributed by atoms with Crippen LogP contribution in [0.5, 0.6) is 0 Å². The number of fused-ring (bicyclic) bond motifs is 1. The summed E-state index contributed by atoms with van der Waals surface area (Å²) in [5, 5.41) is 0.594. The van der Waals surface area contributed by atoms with Crippen molar-refractivity contribution in [3.05, 3.63) is 35.5 Å². The predicted molar refractivity (Wildman–Crippen MR) is 57.4 cm³/mol. The summed E-state index contributed by atoms with van der Waals surface area (Å²) in [5.41, 5.74) is 0.880. The molecule has 1 aromatic heterocycles. The Labute approximate surface area is 91.3 Å². The predicted octanol–water partition coefficient (Wildman–Crippen LogP) is 4.31. The fourth-order valence-electron chi connectivity index (χ4n) is 1.66. The van der Waals surface area contributed by atoms with E-state index in [0.717, 1.165) is 11.6 Å². The number of halogens is 3. The number of hydrogen-bond donors (Lipinski definition) is 1. The highest BCUT2D eigenvalue weighted by atomic mass is 19.4. The SMILES string of the molecule is CC(C)c1ccc2cc(C(F)(F)F)[nH]c2c1. The highest BCUT2D eigenvalue weighted by Gasteiger charge is 2.32. The molecule has 0 bridgehead atoms. The van der Waals surface area contributed by atoms with E-state index in [1.807, 2.05) is 19.9 Å². The maximum atomic E-state index is 12.5. The molecule has 1 aromatic carbocycles. The Morgan fingerprint density at radius 1 is 1.12 bits per heavy atom. The van der Waals surface area contributed by atoms with Gasteiger partial charge in [0.05, 0.1) is 0 Å². The molecule has 0 aliphatic carbocycles. The molecule has 0 atom stereocenters. The molecular formula is C12H12F3N. The van der Waals surface area contributed by atoms with Gasteiger partial charge in [-0.2, -0.15) is 13.2 Å². The van der Waals surface area contributed by atoms with Gasteiger partial charge in [-0.05, 0) is 23.6 Å². The van der Waals surface area contributed by atoms with Gasteiger partial charge in [-0.15, -0.1) is 0 Å². The van der Waals surface area contributed by atoms with E-state index in [1.54, 1.807) is 12.1 Å². The van der Waals surface area contributed by atoms with Crippen LogP contribution in [0.15, 0.2) is 24.3 Å². The summed E-state index contributed by atoms with van der Waals surface area (Å²) in [6.07, 6.45) is -4.31. The quantitative estimate of drug-likeness (QED) is 0.747. The van der Waals surface area contributed by atoms with Gasteiger partial charge in [-0.25, -0.2) is 0 Å². The molecule has 0 saturated heterocycles. The third-order valence-electron chi connectivity index (χ3n) is 2.62. The zero-order chi connectivity index (χ0) is 11.9. The van der Waals surface area contributed by atoms with Gasteiger partial charge >= 0.3 is 6.18 Å². The van der Waals surface area contributed by atoms with Crippen molar-refractivity contribution in [2.75, 3.05) is 0 Å². The van der Waals surface area contributed by atoms with Crippen LogP contribution in [0.1, 0.15) is 31.0 Å². The van der Waals surface area contributed by atoms with Crippen LogP contribution in [0.4, 0.5) is 13.2 Å². The lowest BCUT2D eigenvalue weighted by molar-refractivity contribution is -0.140. The first kappa shape index (κ1) is 11.0. The monoisotopic (exact) mass is 227 g/mol. The summed E-state index contributed by atoms with van der Waals surface area (Å²) in [6.45, 7) is 4.02. The molecule has 0 fully saturated rings. The number of H-pyrrole nitrogens is 1. The molecule has 0 saturated carbocycles. The molecule has 0 spiro atoms. The Kier molecular flexibility index (Phi) is 2.45. The van der Waals surface area contributed by atoms with E-state index in [0.29, 0.717) is 16.8 Å². The minimum absolute atomic E-state index is 0.307. The Morgan fingerprint density at radius 2 is 1.81 bits per heavy atom. The van der Waals surface area contributed by atoms with E-state index in [4.69, 9.17) is 0 Å². The molecule has 0 amide bonds. The Hall–Kier alpha value is -1.45. The van der Waals surface area contributed by atoms with Gasteiger partial charge in [0.25, 0.3) is 0 Å². The van der Waals surface area contributed by atoms with E-state index in [9.17, 15) is 13.2 Å². The third kappa shape index (κ3) is 1.92. The van der Waals surface area contributed by atoms with Crippen LogP contribution in [-0.2, 0) is 6.18 Å². The number of aromatic amines is 1. The number of hydrogen-bond acceptors (Lipinski definition) is 0. The van der Waals surface area contributed by atoms with Crippen LogP contribution < -0.4 is 0 Å². The lowest BCUT2D eigenvalue weighted by atomic mass is 10.0. The van der Waals surface area contributed by atoms with Crippen molar-refractivity contribution in [2.24, 2.45) is 0 Å². The molecule has 4 heteroatoms. The molecule has 0 radical (unpaired) electrons. The molecule has 86 valence electrons. The lowest BCUT2D eigenvalue weighted by Gasteiger charge is -2.04. The Bertz CT molecular complexity index is 508. The van der Waals surface area contributed by atoms with E-state index in [1.165, 1.54) is 0 Å². The van der Waals surface area contributed by atoms with Gasteiger partial charge in [-0.3, -0.25) is 0 Å². The van der Waals surface area contributed by atoms with E-state index in [-0.39, 0.29) is 0 Å². The maximum Gasteiger partial charge on any atom is 0.431 e. The van der Waals surface area contributed by atoms with Crippen LogP contribution in [0.3, 0.4) is 0 Å². The van der Waals surface area contributed by atoms with Gasteiger partial charge in [0.2, 0.25) is 0 Å². The second-order valence-corrected chi connectivity index (χ2v) is 4.18. The van der Waals surface area contributed by atoms with E-state index >= 15 is 0 Å². The molecule has 0 unspecified atom stereocenters. The summed E-state index contributed by atoms with van der Waals surface area (Å²) < 4.78 is 37.4. The molecule has 1 heterocycles. The van der Waals surface area contributed by atoms with E-state index in [2.05, 4.69) is 4.98 Å². The van der Waals surface area contributed by atoms with Crippen molar-refractivity contribution in [3.63, 3.8) is 0 Å². The molecule has 2 aromatic rings. The van der Waals surface area contributed by atoms with Crippen molar-refractivity contribution in [2.45, 2.75) is 25.9 Å². The van der Waals surface area contributed by atoms with Crippen molar-refractivity contribution >= 4 is 10.9 Å². The molecule has 1 nitrogen and oxygen atoms in total. The highest BCUT2D eigenvalue weighted by Crippen LogP contribution is 2.31. The van der Waals surface area contributed by atoms with Crippen LogP contribution >= 0.6 is 0 Å². The van der Waals surface area contributed by atoms with Crippen molar-refractivity contribution in [1.82, 2.24) is 4.98 Å². The summed E-state index contributed by atoms with van der Waals surface area (Å²) in [6, 6.07) is 6.49. The number of nitrogens with one attached hydrogen (secondary N) is 1. The Balaban J connectivity index is 2.54. The van der Waals surface area contributed by atoms with Crippen molar-refractivity contribution < 1.29 is 13.2 Å². The van der Waals surface area contributed by atoms with Gasteiger partial charge < -0.3 is 4.98 Å². The average molecular weight is 227 g/mol.